The zero-order chi connectivity index (χ0) is 14.3. The van der Waals surface area contributed by atoms with Gasteiger partial charge in [-0.25, -0.2) is 9.59 Å². The molecule has 108 valence electrons. The largest absolute Gasteiger partial charge is 0.481 e. The van der Waals surface area contributed by atoms with Gasteiger partial charge in [-0.05, 0) is 25.8 Å². The highest BCUT2D eigenvalue weighted by Gasteiger charge is 2.23. The Morgan fingerprint density at radius 1 is 1.16 bits per heavy atom. The molecule has 0 radical (unpaired) electrons. The maximum Gasteiger partial charge on any atom is 0.326 e. The Labute approximate surface area is 110 Å². The molecule has 1 atom stereocenters. The molecule has 5 N–H and O–H groups in total. The lowest BCUT2D eigenvalue weighted by Gasteiger charge is -2.13. The minimum Gasteiger partial charge on any atom is -0.481 e. The van der Waals surface area contributed by atoms with Crippen LogP contribution < -0.4 is 16.0 Å². The van der Waals surface area contributed by atoms with Gasteiger partial charge in [0.05, 0.1) is 6.42 Å². The predicted octanol–water partition coefficient (Wildman–Crippen LogP) is -0.644. The van der Waals surface area contributed by atoms with Gasteiger partial charge in [0.2, 0.25) is 0 Å². The van der Waals surface area contributed by atoms with Crippen LogP contribution in [0.5, 0.6) is 0 Å². The summed E-state index contributed by atoms with van der Waals surface area (Å²) in [6.07, 6.45) is 2.49. The van der Waals surface area contributed by atoms with Crippen LogP contribution in [0.4, 0.5) is 4.79 Å². The molecule has 0 saturated heterocycles. The number of urea groups is 1. The first kappa shape index (κ1) is 15.2. The van der Waals surface area contributed by atoms with Gasteiger partial charge in [0, 0.05) is 12.6 Å². The summed E-state index contributed by atoms with van der Waals surface area (Å²) in [7, 11) is 0. The summed E-state index contributed by atoms with van der Waals surface area (Å²) in [4.78, 5) is 32.5. The Kier molecular flexibility index (Phi) is 6.07. The number of carbonyl (C=O) groups excluding carboxylic acids is 1. The lowest BCUT2D eigenvalue weighted by molar-refractivity contribution is -0.145. The predicted molar refractivity (Wildman–Crippen MR) is 65.9 cm³/mol. The van der Waals surface area contributed by atoms with Crippen molar-refractivity contribution in [3.8, 4) is 0 Å². The van der Waals surface area contributed by atoms with Crippen molar-refractivity contribution in [2.24, 2.45) is 0 Å². The Balaban J connectivity index is 2.12. The standard InChI is InChI=1S/C11H19N3O5/c15-9(16)6-8(10(17)18)14-11(19)13-5-1-4-12-7-2-3-7/h7-8,12H,1-6H2,(H,15,16)(H,17,18)(H2,13,14,19)/t8-/m1/s1. The Hall–Kier alpha value is -1.83. The van der Waals surface area contributed by atoms with Crippen LogP contribution in [-0.2, 0) is 9.59 Å². The zero-order valence-corrected chi connectivity index (χ0v) is 10.5. The Bertz CT molecular complexity index is 343. The topological polar surface area (TPSA) is 128 Å². The van der Waals surface area contributed by atoms with E-state index in [-0.39, 0.29) is 0 Å². The normalized spacial score (nSPS) is 15.6. The SMILES string of the molecule is O=C(O)C[C@@H](NC(=O)NCCCNC1CC1)C(=O)O. The summed E-state index contributed by atoms with van der Waals surface area (Å²) in [5, 5.41) is 25.1. The lowest BCUT2D eigenvalue weighted by atomic mass is 10.2. The van der Waals surface area contributed by atoms with Gasteiger partial charge in [-0.15, -0.1) is 0 Å². The van der Waals surface area contributed by atoms with E-state index < -0.39 is 30.4 Å². The minimum absolute atomic E-state index is 0.408. The van der Waals surface area contributed by atoms with E-state index in [9.17, 15) is 14.4 Å². The van der Waals surface area contributed by atoms with Gasteiger partial charge in [0.1, 0.15) is 6.04 Å². The highest BCUT2D eigenvalue weighted by atomic mass is 16.4. The molecule has 0 aromatic heterocycles. The molecule has 1 saturated carbocycles. The second kappa shape index (κ2) is 7.57. The first-order valence-corrected chi connectivity index (χ1v) is 6.21. The van der Waals surface area contributed by atoms with Crippen molar-refractivity contribution >= 4 is 18.0 Å². The van der Waals surface area contributed by atoms with Crippen LogP contribution >= 0.6 is 0 Å². The van der Waals surface area contributed by atoms with Crippen LogP contribution in [-0.4, -0.2) is 53.4 Å². The fourth-order valence-electron chi connectivity index (χ4n) is 1.47. The van der Waals surface area contributed by atoms with E-state index in [0.29, 0.717) is 12.6 Å². The van der Waals surface area contributed by atoms with Crippen molar-refractivity contribution in [3.05, 3.63) is 0 Å². The second-order valence-electron chi connectivity index (χ2n) is 4.47. The molecule has 0 aromatic rings. The number of hydrogen-bond donors (Lipinski definition) is 5. The van der Waals surface area contributed by atoms with Crippen molar-refractivity contribution in [1.29, 1.82) is 0 Å². The summed E-state index contributed by atoms with van der Waals surface area (Å²) < 4.78 is 0. The lowest BCUT2D eigenvalue weighted by Crippen LogP contribution is -2.47. The van der Waals surface area contributed by atoms with Crippen molar-refractivity contribution < 1.29 is 24.6 Å². The molecule has 8 heteroatoms. The summed E-state index contributed by atoms with van der Waals surface area (Å²) in [6, 6.07) is -1.47. The molecule has 0 spiro atoms. The number of rotatable bonds is 9. The van der Waals surface area contributed by atoms with Gasteiger partial charge in [0.25, 0.3) is 0 Å². The molecule has 1 rings (SSSR count). The van der Waals surface area contributed by atoms with E-state index >= 15 is 0 Å². The van der Waals surface area contributed by atoms with Crippen LogP contribution in [0.15, 0.2) is 0 Å². The van der Waals surface area contributed by atoms with E-state index in [2.05, 4.69) is 16.0 Å². The summed E-state index contributed by atoms with van der Waals surface area (Å²) in [5.41, 5.74) is 0. The number of carboxylic acids is 2. The fraction of sp³-hybridized carbons (Fsp3) is 0.727. The Morgan fingerprint density at radius 2 is 1.84 bits per heavy atom. The quantitative estimate of drug-likeness (QED) is 0.355. The molecule has 1 aliphatic carbocycles. The highest BCUT2D eigenvalue weighted by molar-refractivity contribution is 5.86. The fourth-order valence-corrected chi connectivity index (χ4v) is 1.47. The average molecular weight is 273 g/mol. The van der Waals surface area contributed by atoms with Crippen LogP contribution in [0.1, 0.15) is 25.7 Å². The van der Waals surface area contributed by atoms with Crippen molar-refractivity contribution in [2.45, 2.75) is 37.8 Å². The van der Waals surface area contributed by atoms with Gasteiger partial charge in [-0.3, -0.25) is 4.79 Å². The third-order valence-corrected chi connectivity index (χ3v) is 2.63. The van der Waals surface area contributed by atoms with Crippen LogP contribution in [0.3, 0.4) is 0 Å². The highest BCUT2D eigenvalue weighted by Crippen LogP contribution is 2.18. The summed E-state index contributed by atoms with van der Waals surface area (Å²) >= 11 is 0. The van der Waals surface area contributed by atoms with E-state index in [4.69, 9.17) is 10.2 Å². The van der Waals surface area contributed by atoms with Gasteiger partial charge in [0.15, 0.2) is 0 Å². The Morgan fingerprint density at radius 3 is 2.37 bits per heavy atom. The maximum absolute atomic E-state index is 11.3. The van der Waals surface area contributed by atoms with Crippen LogP contribution in [0.25, 0.3) is 0 Å². The molecule has 8 nitrogen and oxygen atoms in total. The molecule has 0 bridgehead atoms. The molecule has 1 aliphatic rings. The third kappa shape index (κ3) is 7.24. The first-order valence-electron chi connectivity index (χ1n) is 6.21. The average Bonchev–Trinajstić information content (AvgIpc) is 3.11. The number of carboxylic acid groups (broad SMARTS) is 2. The van der Waals surface area contributed by atoms with Gasteiger partial charge in [-0.1, -0.05) is 0 Å². The van der Waals surface area contributed by atoms with Gasteiger partial charge < -0.3 is 26.2 Å². The summed E-state index contributed by atoms with van der Waals surface area (Å²) in [6.45, 7) is 1.20. The van der Waals surface area contributed by atoms with Gasteiger partial charge >= 0.3 is 18.0 Å². The van der Waals surface area contributed by atoms with E-state index in [1.54, 1.807) is 0 Å². The molecule has 0 aliphatic heterocycles. The smallest absolute Gasteiger partial charge is 0.326 e. The molecule has 1 fully saturated rings. The summed E-state index contributed by atoms with van der Waals surface area (Å²) in [5.74, 6) is -2.64. The number of nitrogens with one attached hydrogen (secondary N) is 3. The maximum atomic E-state index is 11.3. The molecular formula is C11H19N3O5. The zero-order valence-electron chi connectivity index (χ0n) is 10.5. The van der Waals surface area contributed by atoms with Crippen molar-refractivity contribution in [3.63, 3.8) is 0 Å². The first-order chi connectivity index (χ1) is 8.99. The van der Waals surface area contributed by atoms with Crippen molar-refractivity contribution in [2.75, 3.05) is 13.1 Å². The molecule has 0 aromatic carbocycles. The number of hydrogen-bond acceptors (Lipinski definition) is 4. The van der Waals surface area contributed by atoms with E-state index in [0.717, 1.165) is 13.0 Å². The van der Waals surface area contributed by atoms with E-state index in [1.807, 2.05) is 0 Å². The van der Waals surface area contributed by atoms with E-state index in [1.165, 1.54) is 12.8 Å². The molecule has 2 amide bonds. The minimum atomic E-state index is -1.41. The molecule has 0 unspecified atom stereocenters. The number of carbonyl (C=O) groups is 3. The van der Waals surface area contributed by atoms with Crippen molar-refractivity contribution in [1.82, 2.24) is 16.0 Å². The van der Waals surface area contributed by atoms with Crippen LogP contribution in [0.2, 0.25) is 0 Å². The van der Waals surface area contributed by atoms with Crippen LogP contribution in [0, 0.1) is 0 Å². The monoisotopic (exact) mass is 273 g/mol. The second-order valence-corrected chi connectivity index (χ2v) is 4.47. The molecule has 19 heavy (non-hydrogen) atoms. The number of aliphatic carboxylic acids is 2. The molecular weight excluding hydrogens is 254 g/mol. The third-order valence-electron chi connectivity index (χ3n) is 2.63. The number of amides is 2. The molecule has 0 heterocycles. The van der Waals surface area contributed by atoms with Gasteiger partial charge in [-0.2, -0.15) is 0 Å².